The molecule has 1 aromatic carbocycles. The number of anilines is 1. The Kier molecular flexibility index (Phi) is 4.50. The van der Waals surface area contributed by atoms with Gasteiger partial charge >= 0.3 is 0 Å². The lowest BCUT2D eigenvalue weighted by molar-refractivity contribution is 0.922. The molecule has 1 heterocycles. The van der Waals surface area contributed by atoms with Gasteiger partial charge in [-0.05, 0) is 31.4 Å². The maximum Gasteiger partial charge on any atom is 0.223 e. The van der Waals surface area contributed by atoms with Gasteiger partial charge < -0.3 is 5.32 Å². The third kappa shape index (κ3) is 3.31. The maximum atomic E-state index is 4.59. The first-order valence-electron chi connectivity index (χ1n) is 6.91. The van der Waals surface area contributed by atoms with Gasteiger partial charge in [-0.15, -0.1) is 0 Å². The Morgan fingerprint density at radius 2 is 1.84 bits per heavy atom. The molecule has 0 unspecified atom stereocenters. The number of rotatable bonds is 5. The summed E-state index contributed by atoms with van der Waals surface area (Å²) in [4.78, 5) is 8.86. The average Bonchev–Trinajstić information content (AvgIpc) is 2.43. The van der Waals surface area contributed by atoms with Crippen LogP contribution in [0.3, 0.4) is 0 Å². The van der Waals surface area contributed by atoms with E-state index in [4.69, 9.17) is 0 Å². The van der Waals surface area contributed by atoms with E-state index in [1.807, 2.05) is 20.0 Å². The van der Waals surface area contributed by atoms with Gasteiger partial charge in [-0.3, -0.25) is 0 Å². The number of benzene rings is 1. The van der Waals surface area contributed by atoms with E-state index < -0.39 is 0 Å². The lowest BCUT2D eigenvalue weighted by atomic mass is 10.0. The molecule has 0 spiro atoms. The van der Waals surface area contributed by atoms with Crippen molar-refractivity contribution in [2.75, 3.05) is 11.9 Å². The first kappa shape index (κ1) is 13.5. The lowest BCUT2D eigenvalue weighted by Gasteiger charge is -2.08. The summed E-state index contributed by atoms with van der Waals surface area (Å²) in [6, 6.07) is 8.67. The maximum absolute atomic E-state index is 4.59. The van der Waals surface area contributed by atoms with Crippen LogP contribution in [0.25, 0.3) is 11.3 Å². The summed E-state index contributed by atoms with van der Waals surface area (Å²) in [6.07, 6.45) is 4.18. The fraction of sp³-hybridized carbons (Fsp3) is 0.375. The zero-order valence-electron chi connectivity index (χ0n) is 11.9. The zero-order chi connectivity index (χ0) is 13.7. The van der Waals surface area contributed by atoms with Gasteiger partial charge in [-0.2, -0.15) is 0 Å². The second kappa shape index (κ2) is 6.32. The van der Waals surface area contributed by atoms with Crippen LogP contribution in [0.15, 0.2) is 30.5 Å². The van der Waals surface area contributed by atoms with Crippen molar-refractivity contribution in [1.82, 2.24) is 9.97 Å². The second-order valence-electron chi connectivity index (χ2n) is 4.70. The molecule has 0 saturated carbocycles. The van der Waals surface area contributed by atoms with Crippen molar-refractivity contribution in [3.63, 3.8) is 0 Å². The molecular formula is C16H21N3. The van der Waals surface area contributed by atoms with Gasteiger partial charge in [-0.1, -0.05) is 37.6 Å². The first-order valence-corrected chi connectivity index (χ1v) is 6.91. The molecule has 100 valence electrons. The highest BCUT2D eigenvalue weighted by Crippen LogP contribution is 2.22. The van der Waals surface area contributed by atoms with E-state index in [1.54, 1.807) is 0 Å². The second-order valence-corrected chi connectivity index (χ2v) is 4.70. The fourth-order valence-electron chi connectivity index (χ4n) is 2.10. The topological polar surface area (TPSA) is 37.8 Å². The van der Waals surface area contributed by atoms with Crippen molar-refractivity contribution in [3.05, 3.63) is 41.6 Å². The van der Waals surface area contributed by atoms with E-state index in [-0.39, 0.29) is 0 Å². The number of nitrogens with one attached hydrogen (secondary N) is 1. The van der Waals surface area contributed by atoms with Crippen LogP contribution < -0.4 is 5.32 Å². The van der Waals surface area contributed by atoms with Crippen LogP contribution >= 0.6 is 0 Å². The minimum Gasteiger partial charge on any atom is -0.354 e. The van der Waals surface area contributed by atoms with Crippen molar-refractivity contribution in [1.29, 1.82) is 0 Å². The van der Waals surface area contributed by atoms with Crippen LogP contribution in [0.2, 0.25) is 0 Å². The molecule has 3 nitrogen and oxygen atoms in total. The normalized spacial score (nSPS) is 10.5. The molecule has 0 amide bonds. The number of hydrogen-bond acceptors (Lipinski definition) is 3. The highest BCUT2D eigenvalue weighted by atomic mass is 15.1. The lowest BCUT2D eigenvalue weighted by Crippen LogP contribution is -2.03. The molecule has 2 rings (SSSR count). The first-order chi connectivity index (χ1) is 9.24. The molecule has 2 aromatic rings. The monoisotopic (exact) mass is 255 g/mol. The summed E-state index contributed by atoms with van der Waals surface area (Å²) >= 11 is 0. The number of aryl methyl sites for hydroxylation is 2. The van der Waals surface area contributed by atoms with Crippen molar-refractivity contribution in [2.24, 2.45) is 0 Å². The Bertz CT molecular complexity index is 532. The Morgan fingerprint density at radius 1 is 1.11 bits per heavy atom. The predicted molar refractivity (Wildman–Crippen MR) is 80.4 cm³/mol. The number of aromatic nitrogens is 2. The Hall–Kier alpha value is -1.90. The molecule has 0 aliphatic heterocycles. The van der Waals surface area contributed by atoms with E-state index >= 15 is 0 Å². The van der Waals surface area contributed by atoms with Crippen LogP contribution in [0, 0.1) is 6.92 Å². The molecular weight excluding hydrogens is 234 g/mol. The van der Waals surface area contributed by atoms with E-state index in [0.717, 1.165) is 29.8 Å². The standard InChI is InChI=1S/C16H21N3/c1-4-6-13-7-9-14(10-8-13)15-12(3)11-18-16(19-15)17-5-2/h7-11H,4-6H2,1-3H3,(H,17,18,19). The summed E-state index contributed by atoms with van der Waals surface area (Å²) in [5.41, 5.74) is 4.64. The molecule has 1 N–H and O–H groups in total. The summed E-state index contributed by atoms with van der Waals surface area (Å²) in [5, 5.41) is 3.15. The minimum absolute atomic E-state index is 0.695. The number of nitrogens with zero attached hydrogens (tertiary/aromatic N) is 2. The molecule has 19 heavy (non-hydrogen) atoms. The summed E-state index contributed by atoms with van der Waals surface area (Å²) in [6.45, 7) is 7.12. The Balaban J connectivity index is 2.31. The molecule has 0 aliphatic rings. The van der Waals surface area contributed by atoms with Crippen molar-refractivity contribution >= 4 is 5.95 Å². The molecule has 0 aliphatic carbocycles. The SMILES string of the molecule is CCCc1ccc(-c2nc(NCC)ncc2C)cc1. The van der Waals surface area contributed by atoms with Crippen LogP contribution in [0.1, 0.15) is 31.4 Å². The highest BCUT2D eigenvalue weighted by Gasteiger charge is 2.06. The van der Waals surface area contributed by atoms with Gasteiger partial charge in [0.2, 0.25) is 5.95 Å². The smallest absolute Gasteiger partial charge is 0.223 e. The fourth-order valence-corrected chi connectivity index (χ4v) is 2.10. The quantitative estimate of drug-likeness (QED) is 0.882. The Morgan fingerprint density at radius 3 is 2.47 bits per heavy atom. The molecule has 0 bridgehead atoms. The van der Waals surface area contributed by atoms with Crippen LogP contribution in [-0.4, -0.2) is 16.5 Å². The Labute approximate surface area is 115 Å². The van der Waals surface area contributed by atoms with Crippen molar-refractivity contribution in [2.45, 2.75) is 33.6 Å². The van der Waals surface area contributed by atoms with E-state index in [1.165, 1.54) is 12.0 Å². The third-order valence-corrected chi connectivity index (χ3v) is 3.07. The zero-order valence-corrected chi connectivity index (χ0v) is 11.9. The molecule has 0 saturated heterocycles. The van der Waals surface area contributed by atoms with Gasteiger partial charge in [0.25, 0.3) is 0 Å². The van der Waals surface area contributed by atoms with Gasteiger partial charge in [0.1, 0.15) is 0 Å². The van der Waals surface area contributed by atoms with Gasteiger partial charge in [0.15, 0.2) is 0 Å². The van der Waals surface area contributed by atoms with Gasteiger partial charge in [0.05, 0.1) is 5.69 Å². The van der Waals surface area contributed by atoms with Crippen LogP contribution in [0.5, 0.6) is 0 Å². The summed E-state index contributed by atoms with van der Waals surface area (Å²) in [7, 11) is 0. The van der Waals surface area contributed by atoms with Crippen LogP contribution in [-0.2, 0) is 6.42 Å². The van der Waals surface area contributed by atoms with Crippen molar-refractivity contribution in [3.8, 4) is 11.3 Å². The molecule has 0 radical (unpaired) electrons. The largest absolute Gasteiger partial charge is 0.354 e. The highest BCUT2D eigenvalue weighted by molar-refractivity contribution is 5.64. The van der Waals surface area contributed by atoms with Crippen LogP contribution in [0.4, 0.5) is 5.95 Å². The predicted octanol–water partition coefficient (Wildman–Crippen LogP) is 3.84. The average molecular weight is 255 g/mol. The molecule has 1 aromatic heterocycles. The van der Waals surface area contributed by atoms with Gasteiger partial charge in [0, 0.05) is 18.3 Å². The molecule has 0 fully saturated rings. The minimum atomic E-state index is 0.695. The summed E-state index contributed by atoms with van der Waals surface area (Å²) < 4.78 is 0. The number of hydrogen-bond donors (Lipinski definition) is 1. The third-order valence-electron chi connectivity index (χ3n) is 3.07. The summed E-state index contributed by atoms with van der Waals surface area (Å²) in [5.74, 6) is 0.695. The van der Waals surface area contributed by atoms with Gasteiger partial charge in [-0.25, -0.2) is 9.97 Å². The van der Waals surface area contributed by atoms with E-state index in [9.17, 15) is 0 Å². The van der Waals surface area contributed by atoms with E-state index in [2.05, 4.69) is 46.5 Å². The van der Waals surface area contributed by atoms with Crippen molar-refractivity contribution < 1.29 is 0 Å². The molecule has 0 atom stereocenters. The van der Waals surface area contributed by atoms with E-state index in [0.29, 0.717) is 5.95 Å². The molecule has 3 heteroatoms.